The number of benzene rings is 4. The van der Waals surface area contributed by atoms with Gasteiger partial charge in [-0.15, -0.1) is 0 Å². The molecule has 4 aromatic carbocycles. The molecule has 0 unspecified atom stereocenters. The molecule has 8 N–H and O–H groups in total. The van der Waals surface area contributed by atoms with Gasteiger partial charge in [0, 0.05) is 0 Å². The third kappa shape index (κ3) is 6.46. The third-order valence-electron chi connectivity index (χ3n) is 6.55. The van der Waals surface area contributed by atoms with E-state index in [4.69, 9.17) is 0 Å². The van der Waals surface area contributed by atoms with Crippen LogP contribution in [0.3, 0.4) is 0 Å². The minimum Gasteiger partial charge on any atom is -0.321 e. The highest BCUT2D eigenvalue weighted by atomic mass is 31.2. The van der Waals surface area contributed by atoms with Crippen molar-refractivity contribution in [2.75, 3.05) is 0 Å². The lowest BCUT2D eigenvalue weighted by Gasteiger charge is -2.37. The largest absolute Gasteiger partial charge is 0.356 e. The highest BCUT2D eigenvalue weighted by Crippen LogP contribution is 2.47. The lowest BCUT2D eigenvalue weighted by Crippen LogP contribution is -2.32. The molecule has 0 radical (unpaired) electrons. The predicted octanol–water partition coefficient (Wildman–Crippen LogP) is 1.28. The van der Waals surface area contributed by atoms with E-state index in [1.54, 1.807) is 0 Å². The van der Waals surface area contributed by atoms with E-state index in [1.807, 2.05) is 0 Å². The van der Waals surface area contributed by atoms with E-state index in [2.05, 4.69) is 0 Å². The zero-order valence-corrected chi connectivity index (χ0v) is 24.3. The first-order valence-corrected chi connectivity index (χ1v) is 18.0. The first kappa shape index (κ1) is 31.4. The van der Waals surface area contributed by atoms with Gasteiger partial charge in [0.25, 0.3) is 0 Å². The van der Waals surface area contributed by atoms with Crippen LogP contribution < -0.4 is 21.2 Å². The van der Waals surface area contributed by atoms with Gasteiger partial charge in [0.05, 0.1) is 26.6 Å². The molecule has 0 bridgehead atoms. The highest BCUT2D eigenvalue weighted by molar-refractivity contribution is 7.61. The van der Waals surface area contributed by atoms with E-state index in [9.17, 15) is 57.4 Å². The van der Waals surface area contributed by atoms with Crippen molar-refractivity contribution in [3.05, 3.63) is 119 Å². The van der Waals surface area contributed by atoms with Crippen LogP contribution >= 0.6 is 30.4 Å². The van der Waals surface area contributed by atoms with E-state index in [0.717, 1.165) is 0 Å². The Morgan fingerprint density at radius 2 is 0.463 bits per heavy atom. The number of rotatable bonds is 8. The Bertz CT molecular complexity index is 1480. The molecule has 0 aliphatic rings. The molecule has 0 saturated heterocycles. The van der Waals surface area contributed by atoms with Crippen LogP contribution in [-0.2, 0) is 23.7 Å². The summed E-state index contributed by atoms with van der Waals surface area (Å²) in [6.45, 7) is 0. The van der Waals surface area contributed by atoms with Gasteiger partial charge in [0.15, 0.2) is 0 Å². The van der Waals surface area contributed by atoms with Crippen molar-refractivity contribution in [2.45, 2.75) is 5.41 Å². The van der Waals surface area contributed by atoms with Crippen LogP contribution in [0.1, 0.15) is 22.3 Å². The normalized spacial score (nSPS) is 13.3. The van der Waals surface area contributed by atoms with Crippen molar-refractivity contribution >= 4 is 51.6 Å². The molecule has 0 spiro atoms. The van der Waals surface area contributed by atoms with Crippen LogP contribution in [0.2, 0.25) is 0 Å². The minimum absolute atomic E-state index is 0.291. The van der Waals surface area contributed by atoms with Gasteiger partial charge < -0.3 is 39.1 Å². The van der Waals surface area contributed by atoms with Crippen molar-refractivity contribution < 1.29 is 57.4 Å². The molecule has 216 valence electrons. The van der Waals surface area contributed by atoms with Gasteiger partial charge in [-0.25, -0.2) is 0 Å². The average molecular weight is 640 g/mol. The van der Waals surface area contributed by atoms with Crippen LogP contribution in [0, 0.1) is 0 Å². The SMILES string of the molecule is O=P(O)(O)c1ccc(C(c2ccc(P(=O)(O)O)cc2)(c2ccc(P(=O)(O)O)cc2)c2ccc(P(=O)(O)O)cc2)cc1. The zero-order chi connectivity index (χ0) is 30.4. The summed E-state index contributed by atoms with van der Waals surface area (Å²) in [6, 6.07) is 20.9. The molecule has 0 saturated carbocycles. The Morgan fingerprint density at radius 1 is 0.317 bits per heavy atom. The zero-order valence-electron chi connectivity index (χ0n) is 20.7. The van der Waals surface area contributed by atoms with Gasteiger partial charge in [-0.2, -0.15) is 0 Å². The van der Waals surface area contributed by atoms with Crippen molar-refractivity contribution in [1.82, 2.24) is 0 Å². The van der Waals surface area contributed by atoms with Gasteiger partial charge in [-0.05, 0) is 70.8 Å². The van der Waals surface area contributed by atoms with Gasteiger partial charge in [0.2, 0.25) is 0 Å². The van der Waals surface area contributed by atoms with E-state index in [-0.39, 0.29) is 21.2 Å². The summed E-state index contributed by atoms with van der Waals surface area (Å²) in [6.07, 6.45) is 0. The fourth-order valence-electron chi connectivity index (χ4n) is 4.62. The first-order valence-electron chi connectivity index (χ1n) is 11.5. The second-order valence-corrected chi connectivity index (χ2v) is 15.5. The number of hydrogen-bond donors (Lipinski definition) is 8. The predicted molar refractivity (Wildman–Crippen MR) is 151 cm³/mol. The van der Waals surface area contributed by atoms with E-state index in [1.165, 1.54) is 97.1 Å². The quantitative estimate of drug-likeness (QED) is 0.101. The third-order valence-corrected chi connectivity index (χ3v) is 10.4. The Kier molecular flexibility index (Phi) is 8.39. The average Bonchev–Trinajstić information content (AvgIpc) is 2.88. The summed E-state index contributed by atoms with van der Waals surface area (Å²) in [5.41, 5.74) is -0.00204. The summed E-state index contributed by atoms with van der Waals surface area (Å²) in [7, 11) is -18.6. The lowest BCUT2D eigenvalue weighted by molar-refractivity contribution is 0.385. The second kappa shape index (κ2) is 11.0. The van der Waals surface area contributed by atoms with Crippen LogP contribution in [0.25, 0.3) is 0 Å². The molecule has 0 atom stereocenters. The summed E-state index contributed by atoms with van der Waals surface area (Å²) < 4.78 is 47.5. The maximum Gasteiger partial charge on any atom is 0.356 e. The standard InChI is InChI=1S/C25H24O12P4/c26-38(27,28)21-9-1-17(2-10-21)25(18-3-11-22(12-4-18)39(29,30)31,19-5-13-23(14-6-19)40(32,33)34)20-7-15-24(16-8-20)41(35,36)37/h1-16H,(H2,26,27,28)(H2,29,30,31)(H2,32,33,34)(H2,35,36,37). The van der Waals surface area contributed by atoms with Gasteiger partial charge in [-0.1, -0.05) is 48.5 Å². The van der Waals surface area contributed by atoms with E-state index in [0.29, 0.717) is 22.3 Å². The molecule has 4 rings (SSSR count). The van der Waals surface area contributed by atoms with Crippen molar-refractivity contribution in [2.24, 2.45) is 0 Å². The Balaban J connectivity index is 2.12. The lowest BCUT2D eigenvalue weighted by atomic mass is 9.65. The van der Waals surface area contributed by atoms with E-state index < -0.39 is 35.8 Å². The van der Waals surface area contributed by atoms with Gasteiger partial charge >= 0.3 is 30.4 Å². The molecule has 0 aromatic heterocycles. The van der Waals surface area contributed by atoms with Crippen molar-refractivity contribution in [3.8, 4) is 0 Å². The maximum absolute atomic E-state index is 11.9. The molecule has 4 aromatic rings. The molecule has 0 heterocycles. The van der Waals surface area contributed by atoms with Crippen LogP contribution in [0.4, 0.5) is 0 Å². The molecule has 41 heavy (non-hydrogen) atoms. The number of hydrogen-bond acceptors (Lipinski definition) is 4. The molecular weight excluding hydrogens is 616 g/mol. The Hall–Kier alpha value is -2.52. The molecule has 0 aliphatic heterocycles. The summed E-state index contributed by atoms with van der Waals surface area (Å²) in [5, 5.41) is -1.16. The minimum atomic E-state index is -4.64. The Labute approximate surface area is 233 Å². The molecule has 0 amide bonds. The monoisotopic (exact) mass is 640 g/mol. The van der Waals surface area contributed by atoms with Gasteiger partial charge in [0.1, 0.15) is 0 Å². The van der Waals surface area contributed by atoms with Crippen LogP contribution in [-0.4, -0.2) is 39.1 Å². The highest BCUT2D eigenvalue weighted by Gasteiger charge is 2.40. The molecule has 0 aliphatic carbocycles. The first-order chi connectivity index (χ1) is 18.8. The Morgan fingerprint density at radius 3 is 0.585 bits per heavy atom. The topological polar surface area (TPSA) is 230 Å². The molecule has 16 heteroatoms. The fraction of sp³-hybridized carbons (Fsp3) is 0.0400. The van der Waals surface area contributed by atoms with Crippen LogP contribution in [0.5, 0.6) is 0 Å². The summed E-state index contributed by atoms with van der Waals surface area (Å²) >= 11 is 0. The summed E-state index contributed by atoms with van der Waals surface area (Å²) in [4.78, 5) is 77.1. The smallest absolute Gasteiger partial charge is 0.321 e. The molecular formula is C25H24O12P4. The maximum atomic E-state index is 11.9. The van der Waals surface area contributed by atoms with Gasteiger partial charge in [-0.3, -0.25) is 18.3 Å². The second-order valence-electron chi connectivity index (χ2n) is 9.11. The summed E-state index contributed by atoms with van der Waals surface area (Å²) in [5.74, 6) is 0. The van der Waals surface area contributed by atoms with Crippen LogP contribution in [0.15, 0.2) is 97.1 Å². The fourth-order valence-corrected chi connectivity index (χ4v) is 6.77. The van der Waals surface area contributed by atoms with E-state index >= 15 is 0 Å². The molecule has 12 nitrogen and oxygen atoms in total. The van der Waals surface area contributed by atoms with Crippen molar-refractivity contribution in [3.63, 3.8) is 0 Å². The van der Waals surface area contributed by atoms with Crippen molar-refractivity contribution in [1.29, 1.82) is 0 Å². The molecule has 0 fully saturated rings.